The molecule has 0 saturated carbocycles. The molecule has 2 aliphatic rings. The Labute approximate surface area is 236 Å². The molecule has 0 aromatic heterocycles. The maximum Gasteiger partial charge on any atom is 0.490 e. The third-order valence-corrected chi connectivity index (χ3v) is 7.02. The van der Waals surface area contributed by atoms with Gasteiger partial charge in [-0.1, -0.05) is 54.6 Å². The number of halogens is 6. The Morgan fingerprint density at radius 2 is 1.31 bits per heavy atom. The zero-order valence-electron chi connectivity index (χ0n) is 22.3. The summed E-state index contributed by atoms with van der Waals surface area (Å²) in [5.41, 5.74) is 3.38. The van der Waals surface area contributed by atoms with Gasteiger partial charge in [0.05, 0.1) is 18.7 Å². The molecule has 232 valence electrons. The first-order chi connectivity index (χ1) is 19.4. The van der Waals surface area contributed by atoms with Crippen molar-refractivity contribution in [2.45, 2.75) is 49.3 Å². The number of hydrogen-bond acceptors (Lipinski definition) is 6. The zero-order chi connectivity index (χ0) is 31.9. The monoisotopic (exact) mass is 608 g/mol. The number of fused-ring (bicyclic) bond motifs is 2. The summed E-state index contributed by atoms with van der Waals surface area (Å²) in [5, 5.41) is 34.9. The molecule has 1 heterocycles. The van der Waals surface area contributed by atoms with E-state index in [0.717, 1.165) is 19.4 Å². The first-order valence-corrected chi connectivity index (χ1v) is 12.5. The van der Waals surface area contributed by atoms with Crippen molar-refractivity contribution >= 4 is 17.9 Å². The molecule has 4 N–H and O–H groups in total. The van der Waals surface area contributed by atoms with Crippen molar-refractivity contribution in [3.63, 3.8) is 0 Å². The average molecular weight is 609 g/mol. The van der Waals surface area contributed by atoms with Crippen LogP contribution in [0.5, 0.6) is 0 Å². The summed E-state index contributed by atoms with van der Waals surface area (Å²) in [5.74, 6) is -6.30. The van der Waals surface area contributed by atoms with Crippen LogP contribution in [0.3, 0.4) is 0 Å². The van der Waals surface area contributed by atoms with E-state index >= 15 is 0 Å². The zero-order valence-corrected chi connectivity index (χ0v) is 22.3. The van der Waals surface area contributed by atoms with Crippen LogP contribution >= 0.6 is 0 Å². The molecule has 1 aliphatic carbocycles. The first-order valence-electron chi connectivity index (χ1n) is 12.5. The number of alkyl halides is 6. The lowest BCUT2D eigenvalue weighted by Crippen LogP contribution is -2.50. The van der Waals surface area contributed by atoms with Crippen LogP contribution in [0, 0.1) is 0 Å². The molecule has 42 heavy (non-hydrogen) atoms. The molecule has 1 fully saturated rings. The SMILES string of the molecule is CN(Cc1ccccc1)[C@@H]1c2ccccc2C2(CCN(CC(=O)O)CC2)[C@H]1O.O=C(O)C(F)(F)F.O=C(O)C(F)(F)F. The van der Waals surface area contributed by atoms with Crippen molar-refractivity contribution in [3.05, 3.63) is 71.3 Å². The second-order valence-corrected chi connectivity index (χ2v) is 9.81. The molecular formula is C27H30F6N2O7. The minimum atomic E-state index is -5.08. The van der Waals surface area contributed by atoms with E-state index in [1.54, 1.807) is 0 Å². The van der Waals surface area contributed by atoms with Crippen molar-refractivity contribution in [1.82, 2.24) is 9.80 Å². The molecule has 1 saturated heterocycles. The van der Waals surface area contributed by atoms with Gasteiger partial charge in [0.2, 0.25) is 0 Å². The van der Waals surface area contributed by atoms with Crippen molar-refractivity contribution in [2.24, 2.45) is 0 Å². The topological polar surface area (TPSA) is 139 Å². The highest BCUT2D eigenvalue weighted by Crippen LogP contribution is 2.52. The summed E-state index contributed by atoms with van der Waals surface area (Å²) in [7, 11) is 2.08. The van der Waals surface area contributed by atoms with Crippen molar-refractivity contribution in [2.75, 3.05) is 26.7 Å². The van der Waals surface area contributed by atoms with Crippen LogP contribution in [0.1, 0.15) is 35.6 Å². The van der Waals surface area contributed by atoms with Crippen LogP contribution in [0.15, 0.2) is 54.6 Å². The first kappa shape index (κ1) is 34.5. The number of benzene rings is 2. The Morgan fingerprint density at radius 1 is 0.857 bits per heavy atom. The molecule has 0 bridgehead atoms. The number of likely N-dealkylation sites (tertiary alicyclic amines) is 1. The van der Waals surface area contributed by atoms with Crippen LogP contribution in [-0.2, 0) is 26.3 Å². The number of rotatable bonds is 5. The van der Waals surface area contributed by atoms with E-state index in [1.165, 1.54) is 16.7 Å². The number of piperidine rings is 1. The Kier molecular flexibility index (Phi) is 11.5. The molecule has 4 rings (SSSR count). The number of nitrogens with zero attached hydrogens (tertiary/aromatic N) is 2. The van der Waals surface area contributed by atoms with E-state index in [9.17, 15) is 36.2 Å². The van der Waals surface area contributed by atoms with E-state index in [-0.39, 0.29) is 18.0 Å². The number of hydrogen-bond donors (Lipinski definition) is 4. The van der Waals surface area contributed by atoms with E-state index < -0.39 is 36.4 Å². The largest absolute Gasteiger partial charge is 0.490 e. The van der Waals surface area contributed by atoms with Crippen molar-refractivity contribution < 1.29 is 61.2 Å². The Morgan fingerprint density at radius 3 is 1.76 bits per heavy atom. The predicted octanol–water partition coefficient (Wildman–Crippen LogP) is 3.92. The van der Waals surface area contributed by atoms with E-state index in [4.69, 9.17) is 24.9 Å². The minimum absolute atomic E-state index is 0.0533. The molecule has 0 unspecified atom stereocenters. The fraction of sp³-hybridized carbons (Fsp3) is 0.444. The summed E-state index contributed by atoms with van der Waals surface area (Å²) in [6, 6.07) is 18.7. The highest BCUT2D eigenvalue weighted by atomic mass is 19.4. The summed E-state index contributed by atoms with van der Waals surface area (Å²) in [4.78, 5) is 33.1. The van der Waals surface area contributed by atoms with Crippen molar-refractivity contribution in [3.8, 4) is 0 Å². The predicted molar refractivity (Wildman–Crippen MR) is 135 cm³/mol. The number of carboxylic acids is 3. The smallest absolute Gasteiger partial charge is 0.480 e. The van der Waals surface area contributed by atoms with Crippen LogP contribution in [0.4, 0.5) is 26.3 Å². The van der Waals surface area contributed by atoms with Gasteiger partial charge in [0.25, 0.3) is 0 Å². The molecule has 2 aromatic carbocycles. The van der Waals surface area contributed by atoms with Gasteiger partial charge in [-0.15, -0.1) is 0 Å². The molecule has 15 heteroatoms. The fourth-order valence-corrected chi connectivity index (χ4v) is 5.15. The van der Waals surface area contributed by atoms with E-state index in [0.29, 0.717) is 13.1 Å². The lowest BCUT2D eigenvalue weighted by Gasteiger charge is -2.43. The molecule has 1 spiro atoms. The fourth-order valence-electron chi connectivity index (χ4n) is 5.15. The Balaban J connectivity index is 0.000000367. The number of aliphatic carboxylic acids is 3. The number of likely N-dealkylation sites (N-methyl/N-ethyl adjacent to an activating group) is 1. The standard InChI is InChI=1S/C23H28N2O3.2C2HF3O2/c1-24(15-17-7-3-2-4-8-17)21-18-9-5-6-10-19(18)23(22(21)28)11-13-25(14-12-23)16-20(26)27;2*3-2(4,5)1(6)7/h2-10,21-22,28H,11-16H2,1H3,(H,26,27);2*(H,6,7)/t21-,22+;;/m1../s1. The second-order valence-electron chi connectivity index (χ2n) is 9.81. The highest BCUT2D eigenvalue weighted by molar-refractivity contribution is 5.73. The van der Waals surface area contributed by atoms with Gasteiger partial charge in [0.1, 0.15) is 0 Å². The number of carboxylic acid groups (broad SMARTS) is 3. The van der Waals surface area contributed by atoms with Gasteiger partial charge < -0.3 is 20.4 Å². The number of aliphatic hydroxyl groups is 1. The lowest BCUT2D eigenvalue weighted by atomic mass is 9.72. The third-order valence-electron chi connectivity index (χ3n) is 7.02. The maximum atomic E-state index is 11.5. The van der Waals surface area contributed by atoms with Crippen LogP contribution in [0.25, 0.3) is 0 Å². The highest BCUT2D eigenvalue weighted by Gasteiger charge is 2.53. The van der Waals surface area contributed by atoms with Crippen molar-refractivity contribution in [1.29, 1.82) is 0 Å². The van der Waals surface area contributed by atoms with Gasteiger partial charge in [-0.2, -0.15) is 26.3 Å². The van der Waals surface area contributed by atoms with Crippen LogP contribution in [-0.4, -0.2) is 93.3 Å². The average Bonchev–Trinajstić information content (AvgIpc) is 3.13. The summed E-state index contributed by atoms with van der Waals surface area (Å²) >= 11 is 0. The maximum absolute atomic E-state index is 11.5. The lowest BCUT2D eigenvalue weighted by molar-refractivity contribution is -0.193. The van der Waals surface area contributed by atoms with Gasteiger partial charge >= 0.3 is 30.3 Å². The van der Waals surface area contributed by atoms with E-state index in [2.05, 4.69) is 42.3 Å². The normalized spacial score (nSPS) is 19.6. The second kappa shape index (κ2) is 14.0. The summed E-state index contributed by atoms with van der Waals surface area (Å²) in [6.07, 6.45) is -9.09. The Hall–Kier alpha value is -3.69. The molecule has 2 aromatic rings. The van der Waals surface area contributed by atoms with Gasteiger partial charge in [0, 0.05) is 12.0 Å². The third kappa shape index (κ3) is 8.90. The molecule has 0 radical (unpaired) electrons. The molecule has 9 nitrogen and oxygen atoms in total. The van der Waals surface area contributed by atoms with Gasteiger partial charge in [0.15, 0.2) is 0 Å². The number of aliphatic hydroxyl groups excluding tert-OH is 1. The quantitative estimate of drug-likeness (QED) is 0.372. The molecular weight excluding hydrogens is 578 g/mol. The molecule has 2 atom stereocenters. The number of carbonyl (C=O) groups is 3. The van der Waals surface area contributed by atoms with Crippen LogP contribution < -0.4 is 0 Å². The molecule has 1 aliphatic heterocycles. The summed E-state index contributed by atoms with van der Waals surface area (Å²) in [6.45, 7) is 2.25. The summed E-state index contributed by atoms with van der Waals surface area (Å²) < 4.78 is 63.5. The minimum Gasteiger partial charge on any atom is -0.480 e. The Bertz CT molecular complexity index is 1190. The van der Waals surface area contributed by atoms with Gasteiger partial charge in [-0.3, -0.25) is 14.6 Å². The van der Waals surface area contributed by atoms with E-state index in [1.807, 2.05) is 29.2 Å². The molecule has 0 amide bonds. The van der Waals surface area contributed by atoms with Gasteiger partial charge in [-0.05, 0) is 49.7 Å². The van der Waals surface area contributed by atoms with Crippen LogP contribution in [0.2, 0.25) is 0 Å². The van der Waals surface area contributed by atoms with Gasteiger partial charge in [-0.25, -0.2) is 9.59 Å².